The van der Waals surface area contributed by atoms with Crippen molar-refractivity contribution >= 4 is 46.4 Å². The number of carbonyl (C=O) groups excluding carboxylic acids is 1. The van der Waals surface area contributed by atoms with Crippen molar-refractivity contribution in [1.82, 2.24) is 75.5 Å². The first kappa shape index (κ1) is 58.5. The molecule has 418 valence electrons. The molecule has 4 bridgehead atoms. The Morgan fingerprint density at radius 3 is 1.35 bits per heavy atom. The monoisotopic (exact) mass is 1090 g/mol. The van der Waals surface area contributed by atoms with Crippen molar-refractivity contribution in [3.8, 4) is 0 Å². The van der Waals surface area contributed by atoms with E-state index in [4.69, 9.17) is 14.9 Å². The van der Waals surface area contributed by atoms with Gasteiger partial charge in [0.2, 0.25) is 5.69 Å². The van der Waals surface area contributed by atoms with Crippen molar-refractivity contribution in [3.63, 3.8) is 0 Å². The number of H-pyrrole nitrogens is 2. The molecule has 0 spiro atoms. The summed E-state index contributed by atoms with van der Waals surface area (Å²) in [6.45, 7) is 0.420. The molecule has 0 radical (unpaired) electrons. The van der Waals surface area contributed by atoms with Crippen molar-refractivity contribution in [1.29, 1.82) is 0 Å². The standard InChI is InChI=1S/C26H34N8O2.C24H31N3O3.C2H5N5.CH4.ClH.F2/c35-25(27-16-23-29-31-32-30-23)24-26(36)34(22-11-7-6-10-21(22)28-24)20-14-18-12-13-19(15-20)33(18)17-8-4-2-1-3-5-9-17;28-23-22(24(29)30)25-20-10-6-7-11-21(20)27(23)19-14-17-12-13-18(15-19)26(17)16-8-4-2-1-3-5-9-16;3-1-2-4-6-7-5-2;;;1-2/h6-7,10-11,17-20H,1-5,8-9,12-16H2,(H,27,35)(H,29,30,31,32);6-7,10-11,16-19H,1-5,8-9,12-15H2,(H,29,30);1,3H2,(H,4,5,6,7);1H4;1H;/t18-,19+,20?;17-,18+,19?;;;;. The van der Waals surface area contributed by atoms with Crippen LogP contribution >= 0.6 is 12.4 Å². The van der Waals surface area contributed by atoms with Gasteiger partial charge in [-0.3, -0.25) is 24.2 Å². The number of piperidine rings is 2. The molecule has 2 aromatic carbocycles. The third-order valence-corrected chi connectivity index (χ3v) is 16.6. The van der Waals surface area contributed by atoms with Gasteiger partial charge in [-0.15, -0.1) is 32.8 Å². The summed E-state index contributed by atoms with van der Waals surface area (Å²) in [6, 6.07) is 18.6. The Bertz CT molecular complexity index is 2900. The number of fused-ring (bicyclic) bond motifs is 6. The lowest BCUT2D eigenvalue weighted by atomic mass is 9.89. The molecular weight excluding hydrogens is 1010 g/mol. The third kappa shape index (κ3) is 13.4. The first-order valence-electron chi connectivity index (χ1n) is 27.1. The van der Waals surface area contributed by atoms with Gasteiger partial charge < -0.3 is 25.3 Å². The minimum Gasteiger partial charge on any atom is -0.476 e. The number of aromatic carboxylic acids is 1. The maximum Gasteiger partial charge on any atom is 0.360 e. The summed E-state index contributed by atoms with van der Waals surface area (Å²) in [7, 11) is 0. The number of amides is 1. The molecule has 4 aliphatic heterocycles. The van der Waals surface area contributed by atoms with E-state index in [0.717, 1.165) is 36.7 Å². The topological polar surface area (TPSA) is 278 Å². The fourth-order valence-corrected chi connectivity index (χ4v) is 13.5. The van der Waals surface area contributed by atoms with Gasteiger partial charge in [0, 0.05) is 57.5 Å². The van der Waals surface area contributed by atoms with E-state index in [1.165, 1.54) is 116 Å². The normalized spacial score (nSPS) is 23.9. The maximum atomic E-state index is 13.8. The molecule has 6 N–H and O–H groups in total. The minimum atomic E-state index is -1.24. The molecule has 4 saturated heterocycles. The van der Waals surface area contributed by atoms with Gasteiger partial charge in [0.15, 0.2) is 17.3 Å². The number of rotatable bonds is 9. The summed E-state index contributed by atoms with van der Waals surface area (Å²) in [5.74, 6) is -0.865. The summed E-state index contributed by atoms with van der Waals surface area (Å²) in [6.07, 6.45) is 27.3. The lowest BCUT2D eigenvalue weighted by Gasteiger charge is -2.45. The fourth-order valence-electron chi connectivity index (χ4n) is 13.5. The second-order valence-electron chi connectivity index (χ2n) is 21.0. The van der Waals surface area contributed by atoms with Crippen LogP contribution in [-0.4, -0.2) is 123 Å². The highest BCUT2D eigenvalue weighted by molar-refractivity contribution is 5.94. The van der Waals surface area contributed by atoms with Gasteiger partial charge in [-0.1, -0.05) is 106 Å². The first-order valence-corrected chi connectivity index (χ1v) is 27.1. The third-order valence-electron chi connectivity index (χ3n) is 16.6. The lowest BCUT2D eigenvalue weighted by Crippen LogP contribution is -2.50. The number of hydrogen-bond donors (Lipinski definition) is 5. The lowest BCUT2D eigenvalue weighted by molar-refractivity contribution is 0.0494. The SMILES string of the molecule is C.Cl.FF.NCc1nn[nH]n1.O=C(NCc1nn[nH]n1)c1nc2ccccc2n(C2C[C@H]3CC[C@@H](C2)N3C2CCCCCCC2)c1=O.O=C(O)c1nc2ccccc2n(C2C[C@H]3CC[C@@H](C2)N3C2CCCCCCC2)c1=O. The van der Waals surface area contributed by atoms with Crippen molar-refractivity contribution in [3.05, 3.63) is 92.3 Å². The predicted molar refractivity (Wildman–Crippen MR) is 289 cm³/mol. The highest BCUT2D eigenvalue weighted by Crippen LogP contribution is 2.46. The zero-order chi connectivity index (χ0) is 52.3. The van der Waals surface area contributed by atoms with Crippen LogP contribution in [0, 0.1) is 0 Å². The number of hydrogen-bond acceptors (Lipinski definition) is 15. The van der Waals surface area contributed by atoms with Crippen LogP contribution in [0.5, 0.6) is 0 Å². The van der Waals surface area contributed by atoms with E-state index in [1.807, 2.05) is 47.0 Å². The average Bonchev–Trinajstić information content (AvgIpc) is 4.27. The summed E-state index contributed by atoms with van der Waals surface area (Å²) in [5, 5.41) is 38.5. The van der Waals surface area contributed by atoms with Gasteiger partial charge in [-0.2, -0.15) is 10.4 Å². The van der Waals surface area contributed by atoms with Gasteiger partial charge in [0.1, 0.15) is 0 Å². The second-order valence-corrected chi connectivity index (χ2v) is 21.0. The molecule has 6 aromatic rings. The number of nitrogens with zero attached hydrogens (tertiary/aromatic N) is 12. The van der Waals surface area contributed by atoms with E-state index >= 15 is 0 Å². The van der Waals surface area contributed by atoms with E-state index in [2.05, 4.69) is 66.3 Å². The average molecular weight is 1090 g/mol. The van der Waals surface area contributed by atoms with Gasteiger partial charge >= 0.3 is 5.97 Å². The van der Waals surface area contributed by atoms with Crippen molar-refractivity contribution in [2.45, 2.75) is 210 Å². The predicted octanol–water partition coefficient (Wildman–Crippen LogP) is 8.05. The molecule has 6 atom stereocenters. The Hall–Kier alpha value is -6.17. The highest BCUT2D eigenvalue weighted by atomic mass is 35.5. The van der Waals surface area contributed by atoms with Crippen LogP contribution in [0.2, 0.25) is 0 Å². The Labute approximate surface area is 452 Å². The number of aromatic nitrogens is 12. The van der Waals surface area contributed by atoms with E-state index in [9.17, 15) is 24.3 Å². The number of aromatic amines is 2. The second kappa shape index (κ2) is 27.9. The number of carbonyl (C=O) groups is 2. The number of nitrogens with two attached hydrogens (primary N) is 1. The molecule has 77 heavy (non-hydrogen) atoms. The molecule has 12 rings (SSSR count). The highest BCUT2D eigenvalue weighted by Gasteiger charge is 2.46. The van der Waals surface area contributed by atoms with Crippen molar-refractivity contribution in [2.24, 2.45) is 5.73 Å². The Kier molecular flexibility index (Phi) is 21.2. The Morgan fingerprint density at radius 2 is 0.961 bits per heavy atom. The van der Waals surface area contributed by atoms with E-state index in [1.54, 1.807) is 10.6 Å². The molecule has 8 heterocycles. The van der Waals surface area contributed by atoms with Crippen LogP contribution in [0.4, 0.5) is 9.15 Å². The van der Waals surface area contributed by atoms with Gasteiger partial charge in [0.25, 0.3) is 17.0 Å². The minimum absolute atomic E-state index is 0. The Balaban J connectivity index is 0.000000191. The quantitative estimate of drug-likeness (QED) is 0.0915. The zero-order valence-electron chi connectivity index (χ0n) is 42.9. The zero-order valence-corrected chi connectivity index (χ0v) is 43.7. The number of benzene rings is 2. The molecule has 6 fully saturated rings. The van der Waals surface area contributed by atoms with Crippen LogP contribution in [0.15, 0.2) is 58.1 Å². The van der Waals surface area contributed by atoms with Crippen LogP contribution in [0.1, 0.15) is 193 Å². The van der Waals surface area contributed by atoms with Crippen LogP contribution in [0.25, 0.3) is 22.1 Å². The van der Waals surface area contributed by atoms with Crippen molar-refractivity contribution < 1.29 is 23.8 Å². The molecule has 21 nitrogen and oxygen atoms in total. The number of halogens is 3. The van der Waals surface area contributed by atoms with Gasteiger partial charge in [0.05, 0.1) is 35.2 Å². The number of carboxylic acids is 1. The molecule has 2 saturated carbocycles. The summed E-state index contributed by atoms with van der Waals surface area (Å²) in [4.78, 5) is 65.8. The largest absolute Gasteiger partial charge is 0.476 e. The molecular formula is C53H75ClF2N16O5. The van der Waals surface area contributed by atoms with Crippen LogP contribution in [0.3, 0.4) is 0 Å². The number of nitrogens with one attached hydrogen (secondary N) is 3. The number of para-hydroxylation sites is 4. The summed E-state index contributed by atoms with van der Waals surface area (Å²) in [5.41, 5.74) is 6.72. The van der Waals surface area contributed by atoms with E-state index < -0.39 is 17.4 Å². The first-order chi connectivity index (χ1) is 36.7. The fraction of sp³-hybridized carbons (Fsp3) is 0.623. The molecule has 1 amide bonds. The molecule has 6 aliphatic rings. The number of carboxylic acid groups (broad SMARTS) is 1. The smallest absolute Gasteiger partial charge is 0.360 e. The molecule has 24 heteroatoms. The van der Waals surface area contributed by atoms with Crippen LogP contribution < -0.4 is 22.2 Å². The molecule has 2 aliphatic carbocycles. The van der Waals surface area contributed by atoms with Gasteiger partial charge in [-0.25, -0.2) is 14.8 Å². The summed E-state index contributed by atoms with van der Waals surface area (Å²) >= 11 is 0. The molecule has 4 aromatic heterocycles. The molecule has 2 unspecified atom stereocenters. The summed E-state index contributed by atoms with van der Waals surface area (Å²) < 4.78 is 19.6. The Morgan fingerprint density at radius 1 is 0.571 bits per heavy atom. The number of tetrazole rings is 2. The van der Waals surface area contributed by atoms with Gasteiger partial charge in [-0.05, 0) is 101 Å². The van der Waals surface area contributed by atoms with Crippen LogP contribution in [-0.2, 0) is 13.1 Å². The maximum absolute atomic E-state index is 13.8. The van der Waals surface area contributed by atoms with Crippen molar-refractivity contribution in [2.75, 3.05) is 0 Å². The van der Waals surface area contributed by atoms with E-state index in [-0.39, 0.29) is 55.4 Å². The van der Waals surface area contributed by atoms with E-state index in [0.29, 0.717) is 65.5 Å².